The van der Waals surface area contributed by atoms with Gasteiger partial charge in [-0.25, -0.2) is 4.79 Å². The van der Waals surface area contributed by atoms with Gasteiger partial charge in [-0.2, -0.15) is 0 Å². The van der Waals surface area contributed by atoms with Gasteiger partial charge in [0.05, 0.1) is 13.7 Å². The number of urea groups is 1. The van der Waals surface area contributed by atoms with Crippen molar-refractivity contribution < 1.29 is 14.3 Å². The Morgan fingerprint density at radius 2 is 2.00 bits per heavy atom. The molecule has 2 N–H and O–H groups in total. The van der Waals surface area contributed by atoms with E-state index in [1.54, 1.807) is 31.4 Å². The fourth-order valence-electron chi connectivity index (χ4n) is 2.92. The number of ether oxygens (including phenoxy) is 1. The molecule has 1 fully saturated rings. The minimum Gasteiger partial charge on any atom is -0.497 e. The second-order valence-electron chi connectivity index (χ2n) is 5.76. The minimum atomic E-state index is -0.509. The highest BCUT2D eigenvalue weighted by molar-refractivity contribution is 6.01. The normalized spacial score (nSPS) is 18.3. The number of hydrogen-bond donors (Lipinski definition) is 2. The van der Waals surface area contributed by atoms with Crippen molar-refractivity contribution in [3.63, 3.8) is 0 Å². The molecule has 1 aromatic carbocycles. The Morgan fingerprint density at radius 1 is 1.26 bits per heavy atom. The molecule has 6 heteroatoms. The van der Waals surface area contributed by atoms with Gasteiger partial charge in [-0.05, 0) is 50.1 Å². The molecule has 2 rings (SSSR count). The van der Waals surface area contributed by atoms with E-state index in [9.17, 15) is 9.59 Å². The van der Waals surface area contributed by atoms with Gasteiger partial charge < -0.3 is 10.1 Å². The molecule has 0 bridgehead atoms. The number of carbonyl (C=O) groups is 2. The van der Waals surface area contributed by atoms with Crippen molar-refractivity contribution in [2.24, 2.45) is 0 Å². The van der Waals surface area contributed by atoms with Crippen molar-refractivity contribution in [1.29, 1.82) is 0 Å². The summed E-state index contributed by atoms with van der Waals surface area (Å²) in [4.78, 5) is 26.1. The van der Waals surface area contributed by atoms with Gasteiger partial charge in [0, 0.05) is 11.7 Å². The average molecular weight is 319 g/mol. The van der Waals surface area contributed by atoms with E-state index in [2.05, 4.69) is 22.5 Å². The monoisotopic (exact) mass is 319 g/mol. The van der Waals surface area contributed by atoms with Crippen LogP contribution in [0, 0.1) is 0 Å². The number of anilines is 1. The van der Waals surface area contributed by atoms with Crippen molar-refractivity contribution >= 4 is 17.6 Å². The molecule has 1 atom stereocenters. The predicted octanol–water partition coefficient (Wildman–Crippen LogP) is 2.61. The van der Waals surface area contributed by atoms with E-state index in [0.717, 1.165) is 25.8 Å². The lowest BCUT2D eigenvalue weighted by Crippen LogP contribution is -2.47. The van der Waals surface area contributed by atoms with Crippen LogP contribution in [0.5, 0.6) is 5.75 Å². The Morgan fingerprint density at radius 3 is 2.65 bits per heavy atom. The van der Waals surface area contributed by atoms with E-state index < -0.39 is 6.03 Å². The van der Waals surface area contributed by atoms with E-state index in [1.807, 2.05) is 0 Å². The summed E-state index contributed by atoms with van der Waals surface area (Å²) in [5.41, 5.74) is 0.612. The minimum absolute atomic E-state index is 0.267. The molecule has 1 aliphatic rings. The van der Waals surface area contributed by atoms with Crippen LogP contribution < -0.4 is 15.4 Å². The van der Waals surface area contributed by atoms with Gasteiger partial charge in [0.25, 0.3) is 0 Å². The number of nitrogens with zero attached hydrogens (tertiary/aromatic N) is 1. The summed E-state index contributed by atoms with van der Waals surface area (Å²) in [7, 11) is 1.58. The number of hydrogen-bond acceptors (Lipinski definition) is 4. The highest BCUT2D eigenvalue weighted by atomic mass is 16.5. The van der Waals surface area contributed by atoms with Crippen LogP contribution in [-0.2, 0) is 4.79 Å². The Balaban J connectivity index is 1.80. The summed E-state index contributed by atoms with van der Waals surface area (Å²) in [5, 5.41) is 5.03. The van der Waals surface area contributed by atoms with Crippen LogP contribution in [0.1, 0.15) is 32.6 Å². The summed E-state index contributed by atoms with van der Waals surface area (Å²) in [6, 6.07) is 6.87. The third-order valence-corrected chi connectivity index (χ3v) is 4.17. The lowest BCUT2D eigenvalue weighted by atomic mass is 10.0. The zero-order chi connectivity index (χ0) is 16.7. The Kier molecular flexibility index (Phi) is 6.40. The number of methoxy groups -OCH3 is 1. The van der Waals surface area contributed by atoms with E-state index in [0.29, 0.717) is 17.5 Å². The largest absolute Gasteiger partial charge is 0.497 e. The number of benzene rings is 1. The van der Waals surface area contributed by atoms with E-state index in [1.165, 1.54) is 6.42 Å². The zero-order valence-electron chi connectivity index (χ0n) is 13.8. The van der Waals surface area contributed by atoms with Crippen molar-refractivity contribution in [2.75, 3.05) is 25.5 Å². The van der Waals surface area contributed by atoms with E-state index >= 15 is 0 Å². The standard InChI is InChI=1S/C17H25N3O3/c1-3-14-6-4-5-11-20(14)12-16(21)19-17(22)18-13-7-9-15(23-2)10-8-13/h7-10,14H,3-6,11-12H2,1-2H3,(H2,18,19,21,22). The molecular formula is C17H25N3O3. The van der Waals surface area contributed by atoms with Crippen LogP contribution in [0.25, 0.3) is 0 Å². The molecule has 1 aliphatic heterocycles. The van der Waals surface area contributed by atoms with Crippen LogP contribution >= 0.6 is 0 Å². The zero-order valence-corrected chi connectivity index (χ0v) is 13.8. The highest BCUT2D eigenvalue weighted by Crippen LogP contribution is 2.19. The molecule has 0 aromatic heterocycles. The van der Waals surface area contributed by atoms with Gasteiger partial charge in [0.15, 0.2) is 0 Å². The summed E-state index contributed by atoms with van der Waals surface area (Å²) in [6.07, 6.45) is 4.49. The molecule has 126 valence electrons. The second-order valence-corrected chi connectivity index (χ2v) is 5.76. The van der Waals surface area contributed by atoms with E-state index in [-0.39, 0.29) is 12.5 Å². The van der Waals surface area contributed by atoms with Crippen LogP contribution in [0.2, 0.25) is 0 Å². The highest BCUT2D eigenvalue weighted by Gasteiger charge is 2.23. The molecule has 0 radical (unpaired) electrons. The molecule has 3 amide bonds. The van der Waals surface area contributed by atoms with Crippen LogP contribution in [0.3, 0.4) is 0 Å². The molecule has 0 aliphatic carbocycles. The van der Waals surface area contributed by atoms with Crippen molar-refractivity contribution in [1.82, 2.24) is 10.2 Å². The second kappa shape index (κ2) is 8.53. The maximum atomic E-state index is 12.0. The van der Waals surface area contributed by atoms with Gasteiger partial charge >= 0.3 is 6.03 Å². The Bertz CT molecular complexity index is 530. The first kappa shape index (κ1) is 17.3. The quantitative estimate of drug-likeness (QED) is 0.875. The lowest BCUT2D eigenvalue weighted by molar-refractivity contribution is -0.122. The Labute approximate surface area is 137 Å². The number of carbonyl (C=O) groups excluding carboxylic acids is 2. The first-order valence-corrected chi connectivity index (χ1v) is 8.11. The van der Waals surface area contributed by atoms with Crippen LogP contribution in [0.15, 0.2) is 24.3 Å². The van der Waals surface area contributed by atoms with Crippen molar-refractivity contribution in [2.45, 2.75) is 38.6 Å². The first-order valence-electron chi connectivity index (χ1n) is 8.11. The molecule has 1 saturated heterocycles. The maximum absolute atomic E-state index is 12.0. The third-order valence-electron chi connectivity index (χ3n) is 4.17. The smallest absolute Gasteiger partial charge is 0.325 e. The number of amides is 3. The average Bonchev–Trinajstić information content (AvgIpc) is 2.55. The molecular weight excluding hydrogens is 294 g/mol. The molecule has 1 aromatic rings. The third kappa shape index (κ3) is 5.25. The fourth-order valence-corrected chi connectivity index (χ4v) is 2.92. The molecule has 1 unspecified atom stereocenters. The van der Waals surface area contributed by atoms with Crippen LogP contribution in [-0.4, -0.2) is 43.1 Å². The summed E-state index contributed by atoms with van der Waals surface area (Å²) in [6.45, 7) is 3.33. The topological polar surface area (TPSA) is 70.7 Å². The van der Waals surface area contributed by atoms with Gasteiger partial charge in [-0.15, -0.1) is 0 Å². The molecule has 0 spiro atoms. The number of imide groups is 1. The van der Waals surface area contributed by atoms with Gasteiger partial charge in [0.2, 0.25) is 5.91 Å². The summed E-state index contributed by atoms with van der Waals surface area (Å²) >= 11 is 0. The summed E-state index contributed by atoms with van der Waals surface area (Å²) in [5.74, 6) is 0.444. The summed E-state index contributed by atoms with van der Waals surface area (Å²) < 4.78 is 5.06. The molecule has 6 nitrogen and oxygen atoms in total. The maximum Gasteiger partial charge on any atom is 0.325 e. The first-order chi connectivity index (χ1) is 11.1. The molecule has 1 heterocycles. The lowest BCUT2D eigenvalue weighted by Gasteiger charge is -2.34. The van der Waals surface area contributed by atoms with Gasteiger partial charge in [-0.1, -0.05) is 13.3 Å². The van der Waals surface area contributed by atoms with Crippen LogP contribution in [0.4, 0.5) is 10.5 Å². The Hall–Kier alpha value is -2.08. The van der Waals surface area contributed by atoms with Crippen molar-refractivity contribution in [3.05, 3.63) is 24.3 Å². The van der Waals surface area contributed by atoms with E-state index in [4.69, 9.17) is 4.74 Å². The number of piperidine rings is 1. The number of likely N-dealkylation sites (tertiary alicyclic amines) is 1. The number of nitrogens with one attached hydrogen (secondary N) is 2. The van der Waals surface area contributed by atoms with Gasteiger partial charge in [-0.3, -0.25) is 15.0 Å². The number of rotatable bonds is 5. The fraction of sp³-hybridized carbons (Fsp3) is 0.529. The molecule has 0 saturated carbocycles. The molecule has 23 heavy (non-hydrogen) atoms. The SMILES string of the molecule is CCC1CCCCN1CC(=O)NC(=O)Nc1ccc(OC)cc1. The predicted molar refractivity (Wildman–Crippen MR) is 89.7 cm³/mol. The van der Waals surface area contributed by atoms with Crippen molar-refractivity contribution in [3.8, 4) is 5.75 Å². The van der Waals surface area contributed by atoms with Gasteiger partial charge in [0.1, 0.15) is 5.75 Å².